The van der Waals surface area contributed by atoms with Crippen molar-refractivity contribution in [1.29, 1.82) is 0 Å². The second kappa shape index (κ2) is 4.44. The van der Waals surface area contributed by atoms with E-state index in [0.717, 1.165) is 37.8 Å². The molecule has 0 saturated carbocycles. The Bertz CT molecular complexity index is 555. The van der Waals surface area contributed by atoms with Crippen molar-refractivity contribution in [2.75, 3.05) is 18.0 Å². The molecule has 0 fully saturated rings. The van der Waals surface area contributed by atoms with Gasteiger partial charge in [-0.05, 0) is 25.8 Å². The van der Waals surface area contributed by atoms with Gasteiger partial charge in [-0.3, -0.25) is 0 Å². The number of fused-ring (bicyclic) bond motifs is 3. The summed E-state index contributed by atoms with van der Waals surface area (Å²) >= 11 is 0. The summed E-state index contributed by atoms with van der Waals surface area (Å²) in [7, 11) is 0. The SMILES string of the molecule is CCN(CC)c1nc2n(n1)CCc1ccccc1-2. The first kappa shape index (κ1) is 11.3. The molecule has 2 heterocycles. The van der Waals surface area contributed by atoms with Gasteiger partial charge in [-0.1, -0.05) is 24.3 Å². The van der Waals surface area contributed by atoms with E-state index in [-0.39, 0.29) is 0 Å². The van der Waals surface area contributed by atoms with Crippen molar-refractivity contribution < 1.29 is 0 Å². The van der Waals surface area contributed by atoms with Crippen molar-refractivity contribution in [3.63, 3.8) is 0 Å². The summed E-state index contributed by atoms with van der Waals surface area (Å²) < 4.78 is 2.04. The van der Waals surface area contributed by atoms with E-state index < -0.39 is 0 Å². The smallest absolute Gasteiger partial charge is 0.245 e. The van der Waals surface area contributed by atoms with Gasteiger partial charge in [0.05, 0.1) is 0 Å². The molecule has 0 aliphatic carbocycles. The molecule has 0 atom stereocenters. The largest absolute Gasteiger partial charge is 0.340 e. The zero-order valence-electron chi connectivity index (χ0n) is 10.9. The van der Waals surface area contributed by atoms with Gasteiger partial charge >= 0.3 is 0 Å². The fourth-order valence-electron chi connectivity index (χ4n) is 2.51. The van der Waals surface area contributed by atoms with E-state index in [2.05, 4.69) is 48.1 Å². The molecule has 3 rings (SSSR count). The van der Waals surface area contributed by atoms with Crippen LogP contribution in [0.2, 0.25) is 0 Å². The summed E-state index contributed by atoms with van der Waals surface area (Å²) in [6.07, 6.45) is 1.05. The molecule has 1 aliphatic rings. The lowest BCUT2D eigenvalue weighted by Crippen LogP contribution is -2.23. The summed E-state index contributed by atoms with van der Waals surface area (Å²) in [5, 5.41) is 4.62. The molecule has 0 saturated heterocycles. The van der Waals surface area contributed by atoms with Gasteiger partial charge in [0.2, 0.25) is 5.95 Å². The Morgan fingerprint density at radius 2 is 2.00 bits per heavy atom. The van der Waals surface area contributed by atoms with Gasteiger partial charge in [-0.25, -0.2) is 4.68 Å². The highest BCUT2D eigenvalue weighted by molar-refractivity contribution is 5.63. The Kier molecular flexibility index (Phi) is 2.78. The number of rotatable bonds is 3. The van der Waals surface area contributed by atoms with E-state index >= 15 is 0 Å². The second-order valence-corrected chi connectivity index (χ2v) is 4.54. The third-order valence-corrected chi connectivity index (χ3v) is 3.56. The molecule has 0 bridgehead atoms. The Balaban J connectivity index is 2.06. The first-order valence-corrected chi connectivity index (χ1v) is 6.61. The zero-order chi connectivity index (χ0) is 12.5. The molecule has 0 spiro atoms. The zero-order valence-corrected chi connectivity index (χ0v) is 10.9. The first-order valence-electron chi connectivity index (χ1n) is 6.61. The van der Waals surface area contributed by atoms with Gasteiger partial charge in [0.25, 0.3) is 0 Å². The molecule has 0 radical (unpaired) electrons. The van der Waals surface area contributed by atoms with E-state index in [1.54, 1.807) is 0 Å². The van der Waals surface area contributed by atoms with Crippen LogP contribution < -0.4 is 4.90 Å². The summed E-state index contributed by atoms with van der Waals surface area (Å²) in [5.41, 5.74) is 2.61. The van der Waals surface area contributed by atoms with Crippen LogP contribution in [0.3, 0.4) is 0 Å². The van der Waals surface area contributed by atoms with Crippen LogP contribution in [0.25, 0.3) is 11.4 Å². The van der Waals surface area contributed by atoms with E-state index in [1.165, 1.54) is 11.1 Å². The van der Waals surface area contributed by atoms with Gasteiger partial charge in [-0.2, -0.15) is 4.98 Å². The quantitative estimate of drug-likeness (QED) is 0.828. The summed E-state index contributed by atoms with van der Waals surface area (Å²) in [5.74, 6) is 1.87. The van der Waals surface area contributed by atoms with Gasteiger partial charge in [0.15, 0.2) is 5.82 Å². The van der Waals surface area contributed by atoms with Crippen molar-refractivity contribution in [3.05, 3.63) is 29.8 Å². The lowest BCUT2D eigenvalue weighted by atomic mass is 10.0. The lowest BCUT2D eigenvalue weighted by Gasteiger charge is -2.15. The Morgan fingerprint density at radius 3 is 2.78 bits per heavy atom. The molecule has 1 aliphatic heterocycles. The van der Waals surface area contributed by atoms with Crippen LogP contribution in [-0.4, -0.2) is 27.9 Å². The predicted molar refractivity (Wildman–Crippen MR) is 72.7 cm³/mol. The summed E-state index contributed by atoms with van der Waals surface area (Å²) in [6, 6.07) is 8.49. The van der Waals surface area contributed by atoms with E-state index in [0.29, 0.717) is 0 Å². The Morgan fingerprint density at radius 1 is 1.22 bits per heavy atom. The van der Waals surface area contributed by atoms with Gasteiger partial charge in [0.1, 0.15) is 0 Å². The molecule has 0 N–H and O–H groups in total. The number of aromatic nitrogens is 3. The van der Waals surface area contributed by atoms with Gasteiger partial charge < -0.3 is 4.90 Å². The number of hydrogen-bond acceptors (Lipinski definition) is 3. The molecule has 2 aromatic rings. The Hall–Kier alpha value is -1.84. The predicted octanol–water partition coefficient (Wildman–Crippen LogP) is 2.35. The second-order valence-electron chi connectivity index (χ2n) is 4.54. The maximum absolute atomic E-state index is 4.71. The normalized spacial score (nSPS) is 13.0. The van der Waals surface area contributed by atoms with Crippen LogP contribution in [0, 0.1) is 0 Å². The fraction of sp³-hybridized carbons (Fsp3) is 0.429. The fourth-order valence-corrected chi connectivity index (χ4v) is 2.51. The van der Waals surface area contributed by atoms with Crippen molar-refractivity contribution in [2.45, 2.75) is 26.8 Å². The van der Waals surface area contributed by atoms with Crippen LogP contribution in [0.4, 0.5) is 5.95 Å². The molecule has 0 unspecified atom stereocenters. The lowest BCUT2D eigenvalue weighted by molar-refractivity contribution is 0.603. The monoisotopic (exact) mass is 242 g/mol. The maximum Gasteiger partial charge on any atom is 0.245 e. The minimum absolute atomic E-state index is 0.853. The third-order valence-electron chi connectivity index (χ3n) is 3.56. The molecule has 4 heteroatoms. The molecule has 0 amide bonds. The van der Waals surface area contributed by atoms with Crippen LogP contribution in [-0.2, 0) is 13.0 Å². The standard InChI is InChI=1S/C14H18N4/c1-3-17(4-2)14-15-13-12-8-6-5-7-11(12)9-10-18(13)16-14/h5-8H,3-4,9-10H2,1-2H3. The summed E-state index contributed by atoms with van der Waals surface area (Å²) in [4.78, 5) is 6.90. The van der Waals surface area contributed by atoms with E-state index in [1.807, 2.05) is 4.68 Å². The van der Waals surface area contributed by atoms with Crippen molar-refractivity contribution in [1.82, 2.24) is 14.8 Å². The molecule has 1 aromatic heterocycles. The highest BCUT2D eigenvalue weighted by Crippen LogP contribution is 2.28. The van der Waals surface area contributed by atoms with Crippen LogP contribution in [0.1, 0.15) is 19.4 Å². The Labute approximate surface area is 107 Å². The van der Waals surface area contributed by atoms with Gasteiger partial charge in [-0.15, -0.1) is 5.10 Å². The van der Waals surface area contributed by atoms with Gasteiger partial charge in [0, 0.05) is 25.2 Å². The van der Waals surface area contributed by atoms with E-state index in [4.69, 9.17) is 4.98 Å². The highest BCUT2D eigenvalue weighted by Gasteiger charge is 2.20. The average Bonchev–Trinajstić information content (AvgIpc) is 2.84. The number of benzene rings is 1. The number of nitrogens with zero attached hydrogens (tertiary/aromatic N) is 4. The first-order chi connectivity index (χ1) is 8.83. The summed E-state index contributed by atoms with van der Waals surface area (Å²) in [6.45, 7) is 7.10. The van der Waals surface area contributed by atoms with Crippen molar-refractivity contribution in [2.24, 2.45) is 0 Å². The number of anilines is 1. The average molecular weight is 242 g/mol. The van der Waals surface area contributed by atoms with Crippen LogP contribution >= 0.6 is 0 Å². The molecule has 18 heavy (non-hydrogen) atoms. The maximum atomic E-state index is 4.71. The molecular weight excluding hydrogens is 224 g/mol. The molecule has 94 valence electrons. The number of hydrogen-bond donors (Lipinski definition) is 0. The van der Waals surface area contributed by atoms with Crippen molar-refractivity contribution in [3.8, 4) is 11.4 Å². The van der Waals surface area contributed by atoms with Crippen LogP contribution in [0.15, 0.2) is 24.3 Å². The molecule has 1 aromatic carbocycles. The molecule has 4 nitrogen and oxygen atoms in total. The minimum Gasteiger partial charge on any atom is -0.340 e. The number of aryl methyl sites for hydroxylation is 2. The minimum atomic E-state index is 0.853. The van der Waals surface area contributed by atoms with E-state index in [9.17, 15) is 0 Å². The highest BCUT2D eigenvalue weighted by atomic mass is 15.4. The molecular formula is C14H18N4. The van der Waals surface area contributed by atoms with Crippen LogP contribution in [0.5, 0.6) is 0 Å². The topological polar surface area (TPSA) is 34.0 Å². The third kappa shape index (κ3) is 1.68. The van der Waals surface area contributed by atoms with Crippen molar-refractivity contribution >= 4 is 5.95 Å².